The van der Waals surface area contributed by atoms with Gasteiger partial charge in [0.2, 0.25) is 0 Å². The lowest BCUT2D eigenvalue weighted by molar-refractivity contribution is 0.0625. The summed E-state index contributed by atoms with van der Waals surface area (Å²) in [5.74, 6) is 2.73. The first-order valence-corrected chi connectivity index (χ1v) is 9.60. The largest absolute Gasteiger partial charge is 0.381 e. The Morgan fingerprint density at radius 1 is 1.31 bits per heavy atom. The Hall–Kier alpha value is -0.830. The normalized spacial score (nSPS) is 15.6. The first kappa shape index (κ1) is 23.2. The van der Waals surface area contributed by atoms with Crippen LogP contribution in [0.3, 0.4) is 0 Å². The summed E-state index contributed by atoms with van der Waals surface area (Å²) in [6, 6.07) is 0. The van der Waals surface area contributed by atoms with Crippen molar-refractivity contribution in [1.82, 2.24) is 15.4 Å². The van der Waals surface area contributed by atoms with Gasteiger partial charge in [0.05, 0.1) is 5.69 Å². The molecule has 0 atom stereocenters. The maximum atomic E-state index is 5.44. The predicted molar refractivity (Wildman–Crippen MR) is 116 cm³/mol. The molecule has 1 fully saturated rings. The molecule has 0 spiro atoms. The third-order valence-electron chi connectivity index (χ3n) is 4.94. The third kappa shape index (κ3) is 7.42. The molecule has 0 radical (unpaired) electrons. The summed E-state index contributed by atoms with van der Waals surface area (Å²) in [6.07, 6.45) is 5.57. The molecule has 0 aromatic carbocycles. The van der Waals surface area contributed by atoms with Crippen LogP contribution in [0.4, 0.5) is 0 Å². The summed E-state index contributed by atoms with van der Waals surface area (Å²) in [5.41, 5.74) is 2.23. The van der Waals surface area contributed by atoms with Crippen LogP contribution in [0.15, 0.2) is 9.52 Å². The lowest BCUT2D eigenvalue weighted by Gasteiger charge is -2.26. The highest BCUT2D eigenvalue weighted by molar-refractivity contribution is 14.0. The fraction of sp³-hybridized carbons (Fsp3) is 0.789. The Morgan fingerprint density at radius 2 is 2.04 bits per heavy atom. The molecule has 150 valence electrons. The van der Waals surface area contributed by atoms with Crippen LogP contribution in [0.5, 0.6) is 0 Å². The van der Waals surface area contributed by atoms with E-state index >= 15 is 0 Å². The number of guanidine groups is 1. The lowest BCUT2D eigenvalue weighted by atomic mass is 9.96. The molecule has 6 nitrogen and oxygen atoms in total. The van der Waals surface area contributed by atoms with Crippen LogP contribution >= 0.6 is 24.0 Å². The minimum atomic E-state index is 0. The molecular formula is C19H35IN4O2. The van der Waals surface area contributed by atoms with Gasteiger partial charge < -0.3 is 19.5 Å². The number of hydrogen-bond acceptors (Lipinski definition) is 4. The highest BCUT2D eigenvalue weighted by atomic mass is 127. The minimum absolute atomic E-state index is 0. The monoisotopic (exact) mass is 478 g/mol. The van der Waals surface area contributed by atoms with Crippen LogP contribution in [-0.4, -0.2) is 55.9 Å². The first-order valence-electron chi connectivity index (χ1n) is 9.60. The van der Waals surface area contributed by atoms with E-state index in [0.29, 0.717) is 0 Å². The van der Waals surface area contributed by atoms with Crippen molar-refractivity contribution in [2.45, 2.75) is 52.9 Å². The summed E-state index contributed by atoms with van der Waals surface area (Å²) in [4.78, 5) is 7.05. The van der Waals surface area contributed by atoms with Crippen molar-refractivity contribution >= 4 is 29.9 Å². The second-order valence-corrected chi connectivity index (χ2v) is 6.91. The van der Waals surface area contributed by atoms with Crippen molar-refractivity contribution < 1.29 is 9.26 Å². The number of ether oxygens (including phenoxy) is 1. The van der Waals surface area contributed by atoms with Crippen molar-refractivity contribution in [1.29, 1.82) is 0 Å². The molecule has 0 saturated carbocycles. The van der Waals surface area contributed by atoms with Crippen LogP contribution in [0.25, 0.3) is 0 Å². The standard InChI is InChI=1S/C19H34N4O2.HI/c1-5-20-19(23(4)12-8-17-9-13-24-14-10-17)21-11-6-7-18-15(2)22-25-16(18)3;/h17H,5-14H2,1-4H3,(H,20,21);1H. The Labute approximate surface area is 175 Å². The predicted octanol–water partition coefficient (Wildman–Crippen LogP) is 3.56. The molecule has 1 saturated heterocycles. The molecule has 0 unspecified atom stereocenters. The number of aliphatic imine (C=N–C) groups is 1. The number of nitrogens with zero attached hydrogens (tertiary/aromatic N) is 3. The van der Waals surface area contributed by atoms with Gasteiger partial charge in [0.1, 0.15) is 5.76 Å². The van der Waals surface area contributed by atoms with E-state index in [9.17, 15) is 0 Å². The zero-order valence-electron chi connectivity index (χ0n) is 16.7. The van der Waals surface area contributed by atoms with Crippen LogP contribution < -0.4 is 5.32 Å². The van der Waals surface area contributed by atoms with E-state index in [0.717, 1.165) is 69.0 Å². The van der Waals surface area contributed by atoms with E-state index in [1.54, 1.807) is 0 Å². The molecule has 1 aromatic heterocycles. The average Bonchev–Trinajstić information content (AvgIpc) is 2.95. The van der Waals surface area contributed by atoms with Crippen molar-refractivity contribution in [2.24, 2.45) is 10.9 Å². The van der Waals surface area contributed by atoms with E-state index in [2.05, 4.69) is 29.3 Å². The number of halogens is 1. The molecule has 7 heteroatoms. The summed E-state index contributed by atoms with van der Waals surface area (Å²) in [7, 11) is 2.13. The van der Waals surface area contributed by atoms with E-state index in [1.807, 2.05) is 13.8 Å². The Kier molecular flexibility index (Phi) is 11.2. The summed E-state index contributed by atoms with van der Waals surface area (Å²) in [5, 5.41) is 7.42. The van der Waals surface area contributed by atoms with Gasteiger partial charge in [-0.1, -0.05) is 5.16 Å². The first-order chi connectivity index (χ1) is 12.1. The number of aryl methyl sites for hydroxylation is 2. The van der Waals surface area contributed by atoms with Crippen LogP contribution in [-0.2, 0) is 11.2 Å². The molecule has 0 bridgehead atoms. The summed E-state index contributed by atoms with van der Waals surface area (Å²) >= 11 is 0. The van der Waals surface area contributed by atoms with Crippen molar-refractivity contribution in [2.75, 3.05) is 39.9 Å². The van der Waals surface area contributed by atoms with Crippen molar-refractivity contribution in [3.8, 4) is 0 Å². The van der Waals surface area contributed by atoms with Crippen LogP contribution in [0.2, 0.25) is 0 Å². The maximum absolute atomic E-state index is 5.44. The third-order valence-corrected chi connectivity index (χ3v) is 4.94. The number of aromatic nitrogens is 1. The van der Waals surface area contributed by atoms with Crippen LogP contribution in [0, 0.1) is 19.8 Å². The highest BCUT2D eigenvalue weighted by Crippen LogP contribution is 2.18. The quantitative estimate of drug-likeness (QED) is 0.268. The SMILES string of the molecule is CCNC(=NCCCc1c(C)noc1C)N(C)CCC1CCOCC1.I. The molecule has 1 aliphatic heterocycles. The molecule has 0 aliphatic carbocycles. The van der Waals surface area contributed by atoms with Gasteiger partial charge in [0.15, 0.2) is 5.96 Å². The van der Waals surface area contributed by atoms with E-state index < -0.39 is 0 Å². The Morgan fingerprint density at radius 3 is 2.65 bits per heavy atom. The van der Waals surface area contributed by atoms with E-state index in [-0.39, 0.29) is 24.0 Å². The molecular weight excluding hydrogens is 443 g/mol. The maximum Gasteiger partial charge on any atom is 0.193 e. The molecule has 2 heterocycles. The minimum Gasteiger partial charge on any atom is -0.381 e. The second kappa shape index (κ2) is 12.5. The van der Waals surface area contributed by atoms with Gasteiger partial charge in [0, 0.05) is 45.5 Å². The Bertz CT molecular complexity index is 522. The Balaban J connectivity index is 0.00000338. The smallest absolute Gasteiger partial charge is 0.193 e. The molecule has 26 heavy (non-hydrogen) atoms. The molecule has 1 aliphatic rings. The molecule has 2 rings (SSSR count). The van der Waals surface area contributed by atoms with Gasteiger partial charge in [-0.3, -0.25) is 4.99 Å². The lowest BCUT2D eigenvalue weighted by Crippen LogP contribution is -2.40. The summed E-state index contributed by atoms with van der Waals surface area (Å²) < 4.78 is 10.7. The van der Waals surface area contributed by atoms with Gasteiger partial charge in [0.25, 0.3) is 0 Å². The van der Waals surface area contributed by atoms with Gasteiger partial charge >= 0.3 is 0 Å². The van der Waals surface area contributed by atoms with Gasteiger partial charge in [-0.05, 0) is 58.8 Å². The highest BCUT2D eigenvalue weighted by Gasteiger charge is 2.15. The molecule has 1 aromatic rings. The van der Waals surface area contributed by atoms with Gasteiger partial charge in [-0.25, -0.2) is 0 Å². The average molecular weight is 478 g/mol. The molecule has 1 N–H and O–H groups in total. The second-order valence-electron chi connectivity index (χ2n) is 6.91. The van der Waals surface area contributed by atoms with Gasteiger partial charge in [-0.2, -0.15) is 0 Å². The van der Waals surface area contributed by atoms with Crippen molar-refractivity contribution in [3.63, 3.8) is 0 Å². The molecule has 0 amide bonds. The van der Waals surface area contributed by atoms with Crippen LogP contribution in [0.1, 0.15) is 49.6 Å². The van der Waals surface area contributed by atoms with Crippen molar-refractivity contribution in [3.05, 3.63) is 17.0 Å². The van der Waals surface area contributed by atoms with Gasteiger partial charge in [-0.15, -0.1) is 24.0 Å². The topological polar surface area (TPSA) is 62.9 Å². The number of rotatable bonds is 8. The van der Waals surface area contributed by atoms with E-state index in [1.165, 1.54) is 24.8 Å². The zero-order valence-corrected chi connectivity index (χ0v) is 19.0. The fourth-order valence-corrected chi connectivity index (χ4v) is 3.29. The number of nitrogens with one attached hydrogen (secondary N) is 1. The zero-order chi connectivity index (χ0) is 18.1. The van der Waals surface area contributed by atoms with E-state index in [4.69, 9.17) is 14.3 Å². The number of hydrogen-bond donors (Lipinski definition) is 1. The fourth-order valence-electron chi connectivity index (χ4n) is 3.29. The summed E-state index contributed by atoms with van der Waals surface area (Å²) in [6.45, 7) is 10.7.